The number of rotatable bonds is 5. The van der Waals surface area contributed by atoms with E-state index >= 15 is 0 Å². The summed E-state index contributed by atoms with van der Waals surface area (Å²) in [7, 11) is 0. The first-order valence-corrected chi connectivity index (χ1v) is 12.0. The highest BCUT2D eigenvalue weighted by atomic mass is 16.5. The van der Waals surface area contributed by atoms with Crippen molar-refractivity contribution in [2.45, 2.75) is 51.8 Å². The third-order valence-corrected chi connectivity index (χ3v) is 6.30. The quantitative estimate of drug-likeness (QED) is 0.456. The minimum absolute atomic E-state index is 0.216. The van der Waals surface area contributed by atoms with Crippen molar-refractivity contribution in [3.63, 3.8) is 0 Å². The Hall–Kier alpha value is -3.79. The molecule has 4 aromatic heterocycles. The Kier molecular flexibility index (Phi) is 5.25. The number of nitrogens with zero attached hydrogens (tertiary/aromatic N) is 6. The van der Waals surface area contributed by atoms with Crippen LogP contribution in [0.3, 0.4) is 0 Å². The summed E-state index contributed by atoms with van der Waals surface area (Å²) < 4.78 is 7.95. The van der Waals surface area contributed by atoms with E-state index in [9.17, 15) is 4.79 Å². The van der Waals surface area contributed by atoms with E-state index in [0.29, 0.717) is 40.1 Å². The lowest BCUT2D eigenvalue weighted by atomic mass is 10.1. The minimum atomic E-state index is -0.301. The highest BCUT2D eigenvalue weighted by Gasteiger charge is 2.27. The van der Waals surface area contributed by atoms with Gasteiger partial charge in [-0.15, -0.1) is 0 Å². The SMILES string of the molecule is Cc1cn2cc(NC(=O)c3cnc(N4C[C@H](C)N[C@@H](C)C4)c4nccnc34)cc(OC3CC3)c2n1. The Morgan fingerprint density at radius 3 is 2.57 bits per heavy atom. The molecule has 2 fully saturated rings. The van der Waals surface area contributed by atoms with E-state index in [1.807, 2.05) is 29.8 Å². The summed E-state index contributed by atoms with van der Waals surface area (Å²) in [5.41, 5.74) is 3.77. The first-order chi connectivity index (χ1) is 16.9. The van der Waals surface area contributed by atoms with Crippen LogP contribution >= 0.6 is 0 Å². The fraction of sp³-hybridized carbons (Fsp3) is 0.400. The third kappa shape index (κ3) is 4.25. The summed E-state index contributed by atoms with van der Waals surface area (Å²) in [6.07, 6.45) is 10.9. The van der Waals surface area contributed by atoms with Gasteiger partial charge in [-0.25, -0.2) is 15.0 Å². The van der Waals surface area contributed by atoms with Crippen LogP contribution < -0.4 is 20.3 Å². The zero-order valence-corrected chi connectivity index (χ0v) is 20.0. The molecule has 0 radical (unpaired) electrons. The number of hydrogen-bond acceptors (Lipinski definition) is 8. The maximum absolute atomic E-state index is 13.4. The van der Waals surface area contributed by atoms with Crippen LogP contribution in [0.2, 0.25) is 0 Å². The van der Waals surface area contributed by atoms with Gasteiger partial charge in [-0.2, -0.15) is 0 Å². The minimum Gasteiger partial charge on any atom is -0.486 e. The topological polar surface area (TPSA) is 110 Å². The molecule has 0 bridgehead atoms. The average Bonchev–Trinajstić information content (AvgIpc) is 3.55. The van der Waals surface area contributed by atoms with Crippen LogP contribution in [0, 0.1) is 6.92 Å². The number of amides is 1. The van der Waals surface area contributed by atoms with E-state index < -0.39 is 0 Å². The van der Waals surface area contributed by atoms with Gasteiger partial charge in [0, 0.05) is 62.2 Å². The number of imidazole rings is 1. The third-order valence-electron chi connectivity index (χ3n) is 6.30. The number of piperazine rings is 1. The Morgan fingerprint density at radius 1 is 1.09 bits per heavy atom. The second-order valence-electron chi connectivity index (χ2n) is 9.60. The molecule has 10 nitrogen and oxygen atoms in total. The molecule has 1 saturated carbocycles. The zero-order chi connectivity index (χ0) is 24.1. The first-order valence-electron chi connectivity index (χ1n) is 12.0. The molecule has 10 heteroatoms. The van der Waals surface area contributed by atoms with Crippen molar-refractivity contribution >= 4 is 34.1 Å². The molecule has 1 saturated heterocycles. The number of aryl methyl sites for hydroxylation is 1. The molecule has 1 aliphatic carbocycles. The molecular weight excluding hydrogens is 444 g/mol. The van der Waals surface area contributed by atoms with Crippen molar-refractivity contribution in [2.24, 2.45) is 0 Å². The zero-order valence-electron chi connectivity index (χ0n) is 20.0. The molecule has 2 aliphatic rings. The summed E-state index contributed by atoms with van der Waals surface area (Å²) in [5.74, 6) is 1.11. The van der Waals surface area contributed by atoms with Crippen LogP contribution in [0.1, 0.15) is 42.7 Å². The van der Waals surface area contributed by atoms with Gasteiger partial charge in [-0.3, -0.25) is 9.78 Å². The molecule has 4 aromatic rings. The van der Waals surface area contributed by atoms with Gasteiger partial charge in [-0.1, -0.05) is 0 Å². The summed E-state index contributed by atoms with van der Waals surface area (Å²) >= 11 is 0. The van der Waals surface area contributed by atoms with E-state index in [2.05, 4.69) is 49.3 Å². The predicted molar refractivity (Wildman–Crippen MR) is 133 cm³/mol. The van der Waals surface area contributed by atoms with Crippen molar-refractivity contribution in [3.05, 3.63) is 48.3 Å². The molecule has 0 unspecified atom stereocenters. The normalized spacial score (nSPS) is 20.4. The van der Waals surface area contributed by atoms with E-state index in [4.69, 9.17) is 4.74 Å². The van der Waals surface area contributed by atoms with Crippen molar-refractivity contribution < 1.29 is 9.53 Å². The van der Waals surface area contributed by atoms with E-state index in [1.165, 1.54) is 0 Å². The standard InChI is InChI=1S/C25H28N8O2/c1-14-10-32(11-15(2)29-14)24-22-21(26-6-7-27-22)19(9-28-24)25(34)31-17-8-20(35-18-4-5-18)23-30-16(3)12-33(23)13-17/h6-9,12-15,18,29H,4-5,10-11H2,1-3H3,(H,31,34)/t14-,15-/m0/s1. The molecule has 35 heavy (non-hydrogen) atoms. The maximum Gasteiger partial charge on any atom is 0.259 e. The van der Waals surface area contributed by atoms with Crippen LogP contribution in [-0.2, 0) is 0 Å². The first kappa shape index (κ1) is 21.7. The van der Waals surface area contributed by atoms with Crippen LogP contribution in [0.4, 0.5) is 11.5 Å². The lowest BCUT2D eigenvalue weighted by Crippen LogP contribution is -2.54. The number of aromatic nitrogens is 5. The smallest absolute Gasteiger partial charge is 0.259 e. The molecule has 2 atom stereocenters. The van der Waals surface area contributed by atoms with Crippen LogP contribution in [0.15, 0.2) is 37.1 Å². The highest BCUT2D eigenvalue weighted by molar-refractivity contribution is 6.12. The Labute approximate surface area is 202 Å². The van der Waals surface area contributed by atoms with E-state index in [0.717, 1.165) is 43.1 Å². The molecule has 1 aliphatic heterocycles. The Morgan fingerprint density at radius 2 is 1.83 bits per heavy atom. The monoisotopic (exact) mass is 472 g/mol. The average molecular weight is 473 g/mol. The van der Waals surface area contributed by atoms with Gasteiger partial charge < -0.3 is 24.7 Å². The molecule has 5 heterocycles. The molecule has 0 spiro atoms. The molecule has 180 valence electrons. The fourth-order valence-corrected chi connectivity index (χ4v) is 4.75. The Balaban J connectivity index is 1.34. The van der Waals surface area contributed by atoms with Gasteiger partial charge in [-0.05, 0) is 33.6 Å². The second kappa shape index (κ2) is 8.46. The predicted octanol–water partition coefficient (Wildman–Crippen LogP) is 2.96. The summed E-state index contributed by atoms with van der Waals surface area (Å²) in [6.45, 7) is 7.85. The van der Waals surface area contributed by atoms with E-state index in [-0.39, 0.29) is 12.0 Å². The van der Waals surface area contributed by atoms with Gasteiger partial charge in [0.2, 0.25) is 0 Å². The molecule has 1 amide bonds. The highest BCUT2D eigenvalue weighted by Crippen LogP contribution is 2.32. The number of carbonyl (C=O) groups excluding carboxylic acids is 1. The summed E-state index contributed by atoms with van der Waals surface area (Å²) in [6, 6.07) is 2.48. The second-order valence-corrected chi connectivity index (χ2v) is 9.60. The van der Waals surface area contributed by atoms with Gasteiger partial charge in [0.1, 0.15) is 11.0 Å². The van der Waals surface area contributed by atoms with Crippen LogP contribution in [-0.4, -0.2) is 61.5 Å². The lowest BCUT2D eigenvalue weighted by molar-refractivity contribution is 0.102. The number of pyridine rings is 2. The molecule has 6 rings (SSSR count). The van der Waals surface area contributed by atoms with Crippen LogP contribution in [0.5, 0.6) is 5.75 Å². The molecular formula is C25H28N8O2. The van der Waals surface area contributed by atoms with Crippen molar-refractivity contribution in [2.75, 3.05) is 23.3 Å². The lowest BCUT2D eigenvalue weighted by Gasteiger charge is -2.37. The van der Waals surface area contributed by atoms with E-state index in [1.54, 1.807) is 18.6 Å². The largest absolute Gasteiger partial charge is 0.486 e. The number of hydrogen-bond donors (Lipinski definition) is 2. The number of ether oxygens (including phenoxy) is 1. The van der Waals surface area contributed by atoms with Crippen molar-refractivity contribution in [1.29, 1.82) is 0 Å². The maximum atomic E-state index is 13.4. The Bertz CT molecular complexity index is 1420. The van der Waals surface area contributed by atoms with Crippen LogP contribution in [0.25, 0.3) is 16.7 Å². The number of nitrogens with one attached hydrogen (secondary N) is 2. The fourth-order valence-electron chi connectivity index (χ4n) is 4.75. The van der Waals surface area contributed by atoms with Crippen molar-refractivity contribution in [3.8, 4) is 5.75 Å². The number of anilines is 2. The molecule has 2 N–H and O–H groups in total. The summed E-state index contributed by atoms with van der Waals surface area (Å²) in [5, 5.41) is 6.53. The summed E-state index contributed by atoms with van der Waals surface area (Å²) in [4.78, 5) is 33.9. The van der Waals surface area contributed by atoms with Gasteiger partial charge in [0.25, 0.3) is 5.91 Å². The molecule has 0 aromatic carbocycles. The van der Waals surface area contributed by atoms with Crippen molar-refractivity contribution in [1.82, 2.24) is 29.7 Å². The number of carbonyl (C=O) groups is 1. The van der Waals surface area contributed by atoms with Gasteiger partial charge in [0.15, 0.2) is 17.2 Å². The van der Waals surface area contributed by atoms with Gasteiger partial charge in [0.05, 0.1) is 23.0 Å². The number of fused-ring (bicyclic) bond motifs is 2. The van der Waals surface area contributed by atoms with Gasteiger partial charge >= 0.3 is 0 Å².